The number of carbonyl (C=O) groups is 3. The summed E-state index contributed by atoms with van der Waals surface area (Å²) >= 11 is 0. The summed E-state index contributed by atoms with van der Waals surface area (Å²) in [5, 5.41) is 15.5. The maximum atomic E-state index is 13.9. The Kier molecular flexibility index (Phi) is 10.6. The zero-order chi connectivity index (χ0) is 26.3. The lowest BCUT2D eigenvalue weighted by Crippen LogP contribution is -2.57. The molecule has 1 rings (SSSR count). The van der Waals surface area contributed by atoms with Gasteiger partial charge in [-0.05, 0) is 65.5 Å². The van der Waals surface area contributed by atoms with E-state index in [1.807, 2.05) is 59.7 Å². The molecule has 0 fully saturated rings. The molecule has 1 aromatic carbocycles. The van der Waals surface area contributed by atoms with Crippen molar-refractivity contribution in [3.63, 3.8) is 0 Å². The molecule has 192 valence electrons. The molecule has 0 spiro atoms. The van der Waals surface area contributed by atoms with E-state index in [1.54, 1.807) is 26.8 Å². The van der Waals surface area contributed by atoms with Gasteiger partial charge in [-0.1, -0.05) is 44.5 Å². The monoisotopic (exact) mass is 477 g/mol. The summed E-state index contributed by atoms with van der Waals surface area (Å²) in [7, 11) is 0. The molecule has 3 N–H and O–H groups in total. The molecule has 34 heavy (non-hydrogen) atoms. The van der Waals surface area contributed by atoms with Gasteiger partial charge < -0.3 is 25.4 Å². The number of rotatable bonds is 9. The number of hydrogen-bond donors (Lipinski definition) is 3. The third-order valence-electron chi connectivity index (χ3n) is 5.32. The van der Waals surface area contributed by atoms with Crippen molar-refractivity contribution in [2.45, 2.75) is 92.0 Å². The number of aliphatic hydroxyl groups excluding tert-OH is 1. The first-order valence-electron chi connectivity index (χ1n) is 11.9. The number of aryl methyl sites for hydroxylation is 1. The van der Waals surface area contributed by atoms with Gasteiger partial charge in [0.25, 0.3) is 0 Å². The molecule has 0 aromatic heterocycles. The summed E-state index contributed by atoms with van der Waals surface area (Å²) in [6.45, 7) is 16.1. The van der Waals surface area contributed by atoms with Crippen LogP contribution in [0.4, 0.5) is 4.79 Å². The molecule has 8 heteroatoms. The van der Waals surface area contributed by atoms with E-state index in [-0.39, 0.29) is 25.0 Å². The van der Waals surface area contributed by atoms with E-state index in [1.165, 1.54) is 4.90 Å². The van der Waals surface area contributed by atoms with Gasteiger partial charge in [-0.15, -0.1) is 0 Å². The minimum atomic E-state index is -0.980. The van der Waals surface area contributed by atoms with Crippen LogP contribution >= 0.6 is 0 Å². The van der Waals surface area contributed by atoms with E-state index < -0.39 is 35.2 Å². The highest BCUT2D eigenvalue weighted by molar-refractivity contribution is 5.92. The molecule has 3 amide bonds. The number of aliphatic hydroxyl groups is 1. The fourth-order valence-electron chi connectivity index (χ4n) is 3.55. The first kappa shape index (κ1) is 29.4. The third kappa shape index (κ3) is 8.97. The van der Waals surface area contributed by atoms with Crippen LogP contribution in [0.5, 0.6) is 0 Å². The molecule has 1 aromatic rings. The molecular weight excluding hydrogens is 434 g/mol. The summed E-state index contributed by atoms with van der Waals surface area (Å²) in [6, 6.07) is 5.44. The second-order valence-electron chi connectivity index (χ2n) is 10.8. The topological polar surface area (TPSA) is 108 Å². The lowest BCUT2D eigenvalue weighted by molar-refractivity contribution is -0.144. The van der Waals surface area contributed by atoms with Crippen molar-refractivity contribution in [3.8, 4) is 0 Å². The Balaban J connectivity index is 3.50. The molecule has 0 radical (unpaired) electrons. The number of carbonyl (C=O) groups excluding carboxylic acids is 3. The summed E-state index contributed by atoms with van der Waals surface area (Å²) in [5.74, 6) is -1.04. The van der Waals surface area contributed by atoms with E-state index in [0.717, 1.165) is 5.56 Å². The SMILES string of the molecule is CCC(C)C(NC(=O)OC(C)(C)C)C(=O)N(CCO)C(C(=O)NC(C)(C)C)c1ccccc1C. The number of nitrogens with one attached hydrogen (secondary N) is 2. The van der Waals surface area contributed by atoms with Gasteiger partial charge in [0.1, 0.15) is 17.7 Å². The van der Waals surface area contributed by atoms with E-state index >= 15 is 0 Å². The standard InChI is InChI=1S/C26H43N3O5/c1-10-17(2)20(27-24(33)34-26(7,8)9)23(32)29(15-16-30)21(22(31)28-25(4,5)6)19-14-12-11-13-18(19)3/h11-14,17,20-21,30H,10,15-16H2,1-9H3,(H,27,33)(H,28,31). The van der Waals surface area contributed by atoms with Gasteiger partial charge in [-0.2, -0.15) is 0 Å². The Morgan fingerprint density at radius 1 is 1.09 bits per heavy atom. The summed E-state index contributed by atoms with van der Waals surface area (Å²) < 4.78 is 5.38. The number of nitrogens with zero attached hydrogens (tertiary/aromatic N) is 1. The minimum absolute atomic E-state index is 0.0711. The Morgan fingerprint density at radius 2 is 1.68 bits per heavy atom. The predicted octanol–water partition coefficient (Wildman–Crippen LogP) is 3.71. The van der Waals surface area contributed by atoms with E-state index in [0.29, 0.717) is 12.0 Å². The van der Waals surface area contributed by atoms with E-state index in [2.05, 4.69) is 10.6 Å². The number of amides is 3. The highest BCUT2D eigenvalue weighted by Crippen LogP contribution is 2.27. The Hall–Kier alpha value is -2.61. The van der Waals surface area contributed by atoms with Crippen molar-refractivity contribution in [1.29, 1.82) is 0 Å². The summed E-state index contributed by atoms with van der Waals surface area (Å²) in [6.07, 6.45) is -0.0933. The Labute approximate surface area is 204 Å². The first-order valence-corrected chi connectivity index (χ1v) is 11.9. The summed E-state index contributed by atoms with van der Waals surface area (Å²) in [4.78, 5) is 41.3. The Bertz CT molecular complexity index is 842. The molecule has 0 aliphatic heterocycles. The van der Waals surface area contributed by atoms with Crippen molar-refractivity contribution >= 4 is 17.9 Å². The number of alkyl carbamates (subject to hydrolysis) is 1. The number of ether oxygens (including phenoxy) is 1. The lowest BCUT2D eigenvalue weighted by atomic mass is 9.94. The Morgan fingerprint density at radius 3 is 2.15 bits per heavy atom. The third-order valence-corrected chi connectivity index (χ3v) is 5.32. The second kappa shape index (κ2) is 12.2. The van der Waals surface area contributed by atoms with Crippen LogP contribution in [0.25, 0.3) is 0 Å². The predicted molar refractivity (Wildman–Crippen MR) is 133 cm³/mol. The van der Waals surface area contributed by atoms with Crippen molar-refractivity contribution in [2.24, 2.45) is 5.92 Å². The molecule has 3 unspecified atom stereocenters. The molecule has 3 atom stereocenters. The van der Waals surface area contributed by atoms with Crippen LogP contribution in [-0.4, -0.2) is 58.2 Å². The van der Waals surface area contributed by atoms with Crippen LogP contribution in [0.15, 0.2) is 24.3 Å². The van der Waals surface area contributed by atoms with Crippen LogP contribution in [0.3, 0.4) is 0 Å². The van der Waals surface area contributed by atoms with Crippen LogP contribution in [0.2, 0.25) is 0 Å². The number of benzene rings is 1. The van der Waals surface area contributed by atoms with Gasteiger partial charge in [0.05, 0.1) is 6.61 Å². The highest BCUT2D eigenvalue weighted by Gasteiger charge is 2.39. The molecular formula is C26H43N3O5. The molecule has 0 bridgehead atoms. The molecule has 0 saturated carbocycles. The molecule has 0 saturated heterocycles. The maximum absolute atomic E-state index is 13.9. The first-order chi connectivity index (χ1) is 15.6. The smallest absolute Gasteiger partial charge is 0.408 e. The van der Waals surface area contributed by atoms with Crippen molar-refractivity contribution in [1.82, 2.24) is 15.5 Å². The average Bonchev–Trinajstić information content (AvgIpc) is 2.69. The van der Waals surface area contributed by atoms with E-state index in [9.17, 15) is 19.5 Å². The largest absolute Gasteiger partial charge is 0.444 e. The fourth-order valence-corrected chi connectivity index (χ4v) is 3.55. The minimum Gasteiger partial charge on any atom is -0.444 e. The van der Waals surface area contributed by atoms with Gasteiger partial charge in [-0.3, -0.25) is 9.59 Å². The van der Waals surface area contributed by atoms with Gasteiger partial charge in [0, 0.05) is 12.1 Å². The molecule has 0 aliphatic carbocycles. The zero-order valence-corrected chi connectivity index (χ0v) is 22.2. The van der Waals surface area contributed by atoms with Crippen LogP contribution < -0.4 is 10.6 Å². The fraction of sp³-hybridized carbons (Fsp3) is 0.654. The van der Waals surface area contributed by atoms with Crippen molar-refractivity contribution in [2.75, 3.05) is 13.2 Å². The highest BCUT2D eigenvalue weighted by atomic mass is 16.6. The van der Waals surface area contributed by atoms with Gasteiger partial charge in [0.15, 0.2) is 0 Å². The zero-order valence-electron chi connectivity index (χ0n) is 22.2. The lowest BCUT2D eigenvalue weighted by Gasteiger charge is -2.37. The van der Waals surface area contributed by atoms with Gasteiger partial charge in [-0.25, -0.2) is 4.79 Å². The summed E-state index contributed by atoms with van der Waals surface area (Å²) in [5.41, 5.74) is 0.240. The molecule has 0 aliphatic rings. The quantitative estimate of drug-likeness (QED) is 0.502. The second-order valence-corrected chi connectivity index (χ2v) is 10.8. The number of hydrogen-bond acceptors (Lipinski definition) is 5. The van der Waals surface area contributed by atoms with Crippen molar-refractivity contribution in [3.05, 3.63) is 35.4 Å². The molecule has 8 nitrogen and oxygen atoms in total. The van der Waals surface area contributed by atoms with Crippen molar-refractivity contribution < 1.29 is 24.2 Å². The van der Waals surface area contributed by atoms with Gasteiger partial charge in [0.2, 0.25) is 11.8 Å². The molecule has 0 heterocycles. The average molecular weight is 478 g/mol. The maximum Gasteiger partial charge on any atom is 0.408 e. The van der Waals surface area contributed by atoms with Crippen LogP contribution in [-0.2, 0) is 14.3 Å². The normalized spacial score (nSPS) is 14.5. The van der Waals surface area contributed by atoms with E-state index in [4.69, 9.17) is 4.74 Å². The van der Waals surface area contributed by atoms with Crippen LogP contribution in [0.1, 0.15) is 79.0 Å². The van der Waals surface area contributed by atoms with Crippen LogP contribution in [0, 0.1) is 12.8 Å². The van der Waals surface area contributed by atoms with Gasteiger partial charge >= 0.3 is 6.09 Å².